The molecule has 0 aliphatic carbocycles. The summed E-state index contributed by atoms with van der Waals surface area (Å²) in [6.07, 6.45) is 1.71. The van der Waals surface area contributed by atoms with E-state index in [1.165, 1.54) is 0 Å². The van der Waals surface area contributed by atoms with Crippen LogP contribution in [0.25, 0.3) is 0 Å². The molecule has 1 aromatic heterocycles. The largest absolute Gasteiger partial charge is 0.481 e. The van der Waals surface area contributed by atoms with Crippen molar-refractivity contribution in [2.75, 3.05) is 26.7 Å². The molecule has 3 N–H and O–H groups in total. The van der Waals surface area contributed by atoms with E-state index in [1.807, 2.05) is 24.8 Å². The second-order valence-electron chi connectivity index (χ2n) is 6.33. The van der Waals surface area contributed by atoms with Gasteiger partial charge in [-0.05, 0) is 44.9 Å². The summed E-state index contributed by atoms with van der Waals surface area (Å²) in [5.41, 5.74) is 8.05. The van der Waals surface area contributed by atoms with Crippen LogP contribution in [0.15, 0.2) is 6.07 Å². The molecule has 0 saturated carbocycles. The first kappa shape index (κ1) is 18.2. The molecule has 0 bridgehead atoms. The van der Waals surface area contributed by atoms with Crippen molar-refractivity contribution in [3.63, 3.8) is 0 Å². The molecule has 2 heterocycles. The molecule has 1 atom stereocenters. The van der Waals surface area contributed by atoms with Gasteiger partial charge in [0.1, 0.15) is 0 Å². The number of aryl methyl sites for hydroxylation is 2. The molecule has 0 unspecified atom stereocenters. The van der Waals surface area contributed by atoms with E-state index in [1.54, 1.807) is 7.11 Å². The Hall–Kier alpha value is -2.15. The van der Waals surface area contributed by atoms with Crippen LogP contribution in [0.2, 0.25) is 0 Å². The van der Waals surface area contributed by atoms with Crippen LogP contribution >= 0.6 is 0 Å². The molecule has 1 aliphatic heterocycles. The smallest absolute Gasteiger partial charge is 0.231 e. The van der Waals surface area contributed by atoms with Gasteiger partial charge < -0.3 is 15.8 Å². The van der Waals surface area contributed by atoms with Crippen LogP contribution in [0, 0.1) is 19.8 Å². The zero-order chi connectivity index (χ0) is 17.7. The number of piperidine rings is 1. The fraction of sp³-hybridized carbons (Fsp3) is 0.588. The molecule has 0 spiro atoms. The monoisotopic (exact) mass is 334 g/mol. The number of hydrogen-bond donors (Lipinski definition) is 2. The van der Waals surface area contributed by atoms with Crippen LogP contribution < -0.4 is 15.8 Å². The second kappa shape index (κ2) is 8.10. The van der Waals surface area contributed by atoms with E-state index in [2.05, 4.69) is 10.3 Å². The summed E-state index contributed by atoms with van der Waals surface area (Å²) in [5, 5.41) is 2.98. The Balaban J connectivity index is 1.97. The molecule has 2 rings (SSSR count). The van der Waals surface area contributed by atoms with Crippen LogP contribution in [0.1, 0.15) is 29.7 Å². The molecule has 1 aromatic rings. The number of ether oxygens (including phenoxy) is 1. The third kappa shape index (κ3) is 4.67. The zero-order valence-electron chi connectivity index (χ0n) is 14.6. The summed E-state index contributed by atoms with van der Waals surface area (Å²) >= 11 is 0. The maximum Gasteiger partial charge on any atom is 0.231 e. The van der Waals surface area contributed by atoms with E-state index < -0.39 is 0 Å². The number of likely N-dealkylation sites (tertiary alicyclic amines) is 1. The first-order valence-electron chi connectivity index (χ1n) is 8.20. The normalized spacial score (nSPS) is 18.2. The Morgan fingerprint density at radius 1 is 1.46 bits per heavy atom. The fourth-order valence-electron chi connectivity index (χ4n) is 3.17. The molecule has 24 heavy (non-hydrogen) atoms. The maximum absolute atomic E-state index is 12.5. The lowest BCUT2D eigenvalue weighted by atomic mass is 9.97. The highest BCUT2D eigenvalue weighted by Crippen LogP contribution is 2.21. The fourth-order valence-corrected chi connectivity index (χ4v) is 3.17. The van der Waals surface area contributed by atoms with Crippen molar-refractivity contribution in [1.29, 1.82) is 0 Å². The average Bonchev–Trinajstić information content (AvgIpc) is 2.52. The lowest BCUT2D eigenvalue weighted by Crippen LogP contribution is -2.45. The minimum absolute atomic E-state index is 0.00815. The summed E-state index contributed by atoms with van der Waals surface area (Å²) in [4.78, 5) is 29.8. The number of nitrogens with two attached hydrogens (primary N) is 1. The highest BCUT2D eigenvalue weighted by atomic mass is 16.5. The van der Waals surface area contributed by atoms with E-state index in [4.69, 9.17) is 10.5 Å². The number of rotatable bonds is 6. The van der Waals surface area contributed by atoms with Gasteiger partial charge in [0.25, 0.3) is 0 Å². The predicted octanol–water partition coefficient (Wildman–Crippen LogP) is 0.521. The Morgan fingerprint density at radius 2 is 2.21 bits per heavy atom. The molecule has 7 heteroatoms. The number of nitrogens with one attached hydrogen (secondary N) is 1. The molecule has 1 saturated heterocycles. The van der Waals surface area contributed by atoms with E-state index in [0.717, 1.165) is 36.2 Å². The van der Waals surface area contributed by atoms with Crippen molar-refractivity contribution in [3.05, 3.63) is 22.9 Å². The van der Waals surface area contributed by atoms with Gasteiger partial charge in [-0.15, -0.1) is 0 Å². The second-order valence-corrected chi connectivity index (χ2v) is 6.33. The number of carbonyl (C=O) groups is 2. The third-order valence-corrected chi connectivity index (χ3v) is 4.33. The molecule has 2 amide bonds. The lowest BCUT2D eigenvalue weighted by Gasteiger charge is -2.31. The molecule has 1 aliphatic rings. The van der Waals surface area contributed by atoms with Crippen molar-refractivity contribution in [2.24, 2.45) is 11.7 Å². The molecule has 1 fully saturated rings. The van der Waals surface area contributed by atoms with Crippen LogP contribution in [0.4, 0.5) is 0 Å². The van der Waals surface area contributed by atoms with Gasteiger partial charge in [0.15, 0.2) is 0 Å². The molecular formula is C17H26N4O3. The number of carbonyl (C=O) groups excluding carboxylic acids is 2. The number of nitrogens with zero attached hydrogens (tertiary/aromatic N) is 2. The summed E-state index contributed by atoms with van der Waals surface area (Å²) in [7, 11) is 1.58. The molecule has 132 valence electrons. The van der Waals surface area contributed by atoms with Gasteiger partial charge in [0.2, 0.25) is 17.7 Å². The summed E-state index contributed by atoms with van der Waals surface area (Å²) in [6.45, 7) is 5.85. The van der Waals surface area contributed by atoms with Crippen molar-refractivity contribution in [2.45, 2.75) is 33.2 Å². The van der Waals surface area contributed by atoms with Crippen molar-refractivity contribution >= 4 is 11.8 Å². The van der Waals surface area contributed by atoms with Crippen molar-refractivity contribution in [3.8, 4) is 5.88 Å². The van der Waals surface area contributed by atoms with Gasteiger partial charge in [-0.3, -0.25) is 14.5 Å². The third-order valence-electron chi connectivity index (χ3n) is 4.33. The number of pyridine rings is 1. The molecule has 0 aromatic carbocycles. The first-order chi connectivity index (χ1) is 11.4. The van der Waals surface area contributed by atoms with E-state index in [-0.39, 0.29) is 24.3 Å². The number of hydrogen-bond acceptors (Lipinski definition) is 5. The van der Waals surface area contributed by atoms with Crippen LogP contribution in [-0.2, 0) is 16.1 Å². The van der Waals surface area contributed by atoms with Gasteiger partial charge in [-0.2, -0.15) is 0 Å². The number of primary amides is 1. The highest BCUT2D eigenvalue weighted by molar-refractivity contribution is 5.79. The molecule has 7 nitrogen and oxygen atoms in total. The minimum Gasteiger partial charge on any atom is -0.481 e. The topological polar surface area (TPSA) is 97.6 Å². The minimum atomic E-state index is -0.359. The van der Waals surface area contributed by atoms with Crippen LogP contribution in [0.5, 0.6) is 5.88 Å². The molecular weight excluding hydrogens is 308 g/mol. The summed E-state index contributed by atoms with van der Waals surface area (Å²) < 4.78 is 5.32. The van der Waals surface area contributed by atoms with Gasteiger partial charge in [0, 0.05) is 24.3 Å². The van der Waals surface area contributed by atoms with Crippen molar-refractivity contribution < 1.29 is 14.3 Å². The number of aromatic nitrogens is 1. The highest BCUT2D eigenvalue weighted by Gasteiger charge is 2.26. The van der Waals surface area contributed by atoms with E-state index in [0.29, 0.717) is 19.0 Å². The number of amides is 2. The average molecular weight is 334 g/mol. The first-order valence-corrected chi connectivity index (χ1v) is 8.20. The van der Waals surface area contributed by atoms with Gasteiger partial charge in [-0.1, -0.05) is 0 Å². The van der Waals surface area contributed by atoms with Gasteiger partial charge in [-0.25, -0.2) is 4.98 Å². The Kier molecular flexibility index (Phi) is 6.14. The maximum atomic E-state index is 12.5. The Labute approximate surface area is 142 Å². The quantitative estimate of drug-likeness (QED) is 0.790. The van der Waals surface area contributed by atoms with E-state index in [9.17, 15) is 9.59 Å². The van der Waals surface area contributed by atoms with Crippen molar-refractivity contribution in [1.82, 2.24) is 15.2 Å². The Morgan fingerprint density at radius 3 is 2.88 bits per heavy atom. The summed E-state index contributed by atoms with van der Waals surface area (Å²) in [5.74, 6) is 0.0583. The summed E-state index contributed by atoms with van der Waals surface area (Å²) in [6, 6.07) is 1.97. The molecule has 0 radical (unpaired) electrons. The number of methoxy groups -OCH3 is 1. The standard InChI is InChI=1S/C17H26N4O3/c1-11-7-12(2)20-17(24-3)14(11)8-19-16(23)13-5-4-6-21(9-13)10-15(18)22/h7,13H,4-6,8-10H2,1-3H3,(H2,18,22)(H,19,23)/t13-/m1/s1. The Bertz CT molecular complexity index is 618. The predicted molar refractivity (Wildman–Crippen MR) is 90.5 cm³/mol. The van der Waals surface area contributed by atoms with E-state index >= 15 is 0 Å². The van der Waals surface area contributed by atoms with Gasteiger partial charge >= 0.3 is 0 Å². The SMILES string of the molecule is COc1nc(C)cc(C)c1CNC(=O)[C@@H]1CCCN(CC(N)=O)C1. The van der Waals surface area contributed by atoms with Gasteiger partial charge in [0.05, 0.1) is 19.6 Å². The lowest BCUT2D eigenvalue weighted by molar-refractivity contribution is -0.128. The zero-order valence-corrected chi connectivity index (χ0v) is 14.6. The van der Waals surface area contributed by atoms with Crippen LogP contribution in [0.3, 0.4) is 0 Å². The van der Waals surface area contributed by atoms with Crippen LogP contribution in [-0.4, -0.2) is 48.4 Å².